The van der Waals surface area contributed by atoms with Gasteiger partial charge in [0.05, 0.1) is 0 Å². The maximum Gasteiger partial charge on any atom is 0.255 e. The number of hydrogen-bond acceptors (Lipinski definition) is 1. The molecular weight excluding hydrogens is 308 g/mol. The maximum atomic E-state index is 12.7. The lowest BCUT2D eigenvalue weighted by Gasteiger charge is -2.11. The van der Waals surface area contributed by atoms with Crippen molar-refractivity contribution >= 4 is 22.5 Å². The van der Waals surface area contributed by atoms with E-state index in [4.69, 9.17) is 0 Å². The normalized spacial score (nSPS) is 15.8. The summed E-state index contributed by atoms with van der Waals surface area (Å²) in [6.07, 6.45) is 8.25. The number of aromatic amines is 1. The first-order valence-corrected chi connectivity index (χ1v) is 9.34. The SMILES string of the molecule is O=C(Nc1ccc2c(c1)CCC2)c1ccc2[nH]c3c(c2c1)CCCC3. The van der Waals surface area contributed by atoms with Crippen molar-refractivity contribution in [3.05, 3.63) is 64.3 Å². The zero-order valence-corrected chi connectivity index (χ0v) is 14.3. The van der Waals surface area contributed by atoms with Crippen LogP contribution in [0.5, 0.6) is 0 Å². The quantitative estimate of drug-likeness (QED) is 0.697. The molecule has 1 heterocycles. The van der Waals surface area contributed by atoms with E-state index in [9.17, 15) is 4.79 Å². The van der Waals surface area contributed by atoms with Gasteiger partial charge in [0.2, 0.25) is 0 Å². The third-order valence-corrected chi connectivity index (χ3v) is 5.72. The molecule has 25 heavy (non-hydrogen) atoms. The van der Waals surface area contributed by atoms with Crippen LogP contribution in [0.1, 0.15) is 52.0 Å². The van der Waals surface area contributed by atoms with Crippen molar-refractivity contribution in [3.8, 4) is 0 Å². The predicted octanol–water partition coefficient (Wildman–Crippen LogP) is 4.79. The van der Waals surface area contributed by atoms with E-state index in [0.29, 0.717) is 0 Å². The highest BCUT2D eigenvalue weighted by Gasteiger charge is 2.17. The minimum atomic E-state index is -0.0226. The number of nitrogens with one attached hydrogen (secondary N) is 2. The highest BCUT2D eigenvalue weighted by molar-refractivity contribution is 6.06. The molecule has 2 aromatic carbocycles. The van der Waals surface area contributed by atoms with Crippen LogP contribution in [0.15, 0.2) is 36.4 Å². The summed E-state index contributed by atoms with van der Waals surface area (Å²) in [6.45, 7) is 0. The molecule has 0 spiro atoms. The summed E-state index contributed by atoms with van der Waals surface area (Å²) in [5.41, 5.74) is 8.38. The van der Waals surface area contributed by atoms with Gasteiger partial charge in [0, 0.05) is 27.8 Å². The standard InChI is InChI=1S/C22H22N2O/c25-22(23-17-10-8-14-4-3-5-15(14)12-17)16-9-11-21-19(13-16)18-6-1-2-7-20(18)24-21/h8-13,24H,1-7H2,(H,23,25). The maximum absolute atomic E-state index is 12.7. The number of aryl methyl sites for hydroxylation is 4. The van der Waals surface area contributed by atoms with Gasteiger partial charge in [0.25, 0.3) is 5.91 Å². The number of amides is 1. The van der Waals surface area contributed by atoms with Crippen molar-refractivity contribution < 1.29 is 4.79 Å². The van der Waals surface area contributed by atoms with E-state index in [2.05, 4.69) is 28.5 Å². The molecular formula is C22H22N2O. The van der Waals surface area contributed by atoms with Gasteiger partial charge in [-0.3, -0.25) is 4.79 Å². The minimum absolute atomic E-state index is 0.0226. The van der Waals surface area contributed by atoms with E-state index in [1.807, 2.05) is 18.2 Å². The largest absolute Gasteiger partial charge is 0.358 e. The van der Waals surface area contributed by atoms with Gasteiger partial charge in [-0.2, -0.15) is 0 Å². The second kappa shape index (κ2) is 5.76. The van der Waals surface area contributed by atoms with Crippen LogP contribution in [0.4, 0.5) is 5.69 Å². The second-order valence-electron chi connectivity index (χ2n) is 7.34. The van der Waals surface area contributed by atoms with Crippen LogP contribution in [0.25, 0.3) is 10.9 Å². The molecule has 1 amide bonds. The second-order valence-corrected chi connectivity index (χ2v) is 7.34. The molecule has 2 aliphatic rings. The Bertz CT molecular complexity index is 983. The topological polar surface area (TPSA) is 44.9 Å². The zero-order valence-electron chi connectivity index (χ0n) is 14.3. The predicted molar refractivity (Wildman–Crippen MR) is 101 cm³/mol. The Labute approximate surface area is 147 Å². The number of H-pyrrole nitrogens is 1. The van der Waals surface area contributed by atoms with Crippen molar-refractivity contribution in [1.82, 2.24) is 4.98 Å². The highest BCUT2D eigenvalue weighted by Crippen LogP contribution is 2.30. The van der Waals surface area contributed by atoms with E-state index in [1.165, 1.54) is 53.5 Å². The Morgan fingerprint density at radius 1 is 0.880 bits per heavy atom. The molecule has 126 valence electrons. The summed E-state index contributed by atoms with van der Waals surface area (Å²) in [5.74, 6) is -0.0226. The molecule has 0 bridgehead atoms. The van der Waals surface area contributed by atoms with Crippen LogP contribution in [-0.4, -0.2) is 10.9 Å². The van der Waals surface area contributed by atoms with Gasteiger partial charge in [0.1, 0.15) is 0 Å². The number of aromatic nitrogens is 1. The molecule has 2 aliphatic carbocycles. The number of rotatable bonds is 2. The van der Waals surface area contributed by atoms with Gasteiger partial charge >= 0.3 is 0 Å². The summed E-state index contributed by atoms with van der Waals surface area (Å²) in [6, 6.07) is 12.3. The molecule has 3 nitrogen and oxygen atoms in total. The number of anilines is 1. The Kier molecular flexibility index (Phi) is 3.40. The van der Waals surface area contributed by atoms with Gasteiger partial charge in [-0.1, -0.05) is 6.07 Å². The summed E-state index contributed by atoms with van der Waals surface area (Å²) in [7, 11) is 0. The third kappa shape index (κ3) is 2.55. The monoisotopic (exact) mass is 330 g/mol. The molecule has 5 rings (SSSR count). The fourth-order valence-corrected chi connectivity index (χ4v) is 4.40. The van der Waals surface area contributed by atoms with Crippen molar-refractivity contribution in [2.24, 2.45) is 0 Å². The summed E-state index contributed by atoms with van der Waals surface area (Å²) < 4.78 is 0. The van der Waals surface area contributed by atoms with E-state index in [1.54, 1.807) is 0 Å². The van der Waals surface area contributed by atoms with Crippen LogP contribution in [0.3, 0.4) is 0 Å². The number of carbonyl (C=O) groups excluding carboxylic acids is 1. The number of carbonyl (C=O) groups is 1. The van der Waals surface area contributed by atoms with Gasteiger partial charge in [-0.25, -0.2) is 0 Å². The van der Waals surface area contributed by atoms with E-state index in [-0.39, 0.29) is 5.91 Å². The fraction of sp³-hybridized carbons (Fsp3) is 0.318. The molecule has 1 aromatic heterocycles. The van der Waals surface area contributed by atoms with Crippen LogP contribution in [-0.2, 0) is 25.7 Å². The van der Waals surface area contributed by atoms with Crippen LogP contribution in [0.2, 0.25) is 0 Å². The lowest BCUT2D eigenvalue weighted by atomic mass is 9.95. The smallest absolute Gasteiger partial charge is 0.255 e. The van der Waals surface area contributed by atoms with Crippen molar-refractivity contribution in [2.75, 3.05) is 5.32 Å². The molecule has 0 aliphatic heterocycles. The van der Waals surface area contributed by atoms with Crippen LogP contribution >= 0.6 is 0 Å². The molecule has 0 atom stereocenters. The van der Waals surface area contributed by atoms with Crippen molar-refractivity contribution in [3.63, 3.8) is 0 Å². The molecule has 0 fully saturated rings. The number of hydrogen-bond donors (Lipinski definition) is 2. The first kappa shape index (κ1) is 14.8. The van der Waals surface area contributed by atoms with E-state index >= 15 is 0 Å². The van der Waals surface area contributed by atoms with Crippen LogP contribution < -0.4 is 5.32 Å². The van der Waals surface area contributed by atoms with Crippen molar-refractivity contribution in [2.45, 2.75) is 44.9 Å². The Morgan fingerprint density at radius 2 is 1.76 bits per heavy atom. The highest BCUT2D eigenvalue weighted by atomic mass is 16.1. The van der Waals surface area contributed by atoms with Crippen molar-refractivity contribution in [1.29, 1.82) is 0 Å². The average molecular weight is 330 g/mol. The molecule has 3 heteroatoms. The Hall–Kier alpha value is -2.55. The number of fused-ring (bicyclic) bond motifs is 4. The van der Waals surface area contributed by atoms with Gasteiger partial charge in [0.15, 0.2) is 0 Å². The zero-order chi connectivity index (χ0) is 16.8. The van der Waals surface area contributed by atoms with Crippen LogP contribution in [0, 0.1) is 0 Å². The third-order valence-electron chi connectivity index (χ3n) is 5.72. The molecule has 2 N–H and O–H groups in total. The first-order chi connectivity index (χ1) is 12.3. The summed E-state index contributed by atoms with van der Waals surface area (Å²) in [5, 5.41) is 4.29. The molecule has 0 radical (unpaired) electrons. The average Bonchev–Trinajstić information content (AvgIpc) is 3.24. The summed E-state index contributed by atoms with van der Waals surface area (Å²) >= 11 is 0. The Balaban J connectivity index is 1.45. The lowest BCUT2D eigenvalue weighted by Crippen LogP contribution is -2.12. The fourth-order valence-electron chi connectivity index (χ4n) is 4.40. The molecule has 0 saturated carbocycles. The van der Waals surface area contributed by atoms with Gasteiger partial charge < -0.3 is 10.3 Å². The summed E-state index contributed by atoms with van der Waals surface area (Å²) in [4.78, 5) is 16.3. The first-order valence-electron chi connectivity index (χ1n) is 9.34. The molecule has 0 saturated heterocycles. The minimum Gasteiger partial charge on any atom is -0.358 e. The van der Waals surface area contributed by atoms with Gasteiger partial charge in [-0.05, 0) is 92.0 Å². The molecule has 3 aromatic rings. The van der Waals surface area contributed by atoms with E-state index in [0.717, 1.165) is 36.0 Å². The number of benzene rings is 2. The molecule has 0 unspecified atom stereocenters. The van der Waals surface area contributed by atoms with E-state index < -0.39 is 0 Å². The lowest BCUT2D eigenvalue weighted by molar-refractivity contribution is 0.102. The Morgan fingerprint density at radius 3 is 2.72 bits per heavy atom. The van der Waals surface area contributed by atoms with Gasteiger partial charge in [-0.15, -0.1) is 0 Å².